The Morgan fingerprint density at radius 1 is 0.167 bits per heavy atom. The molecule has 0 spiro atoms. The third kappa shape index (κ3) is 8.14. The molecule has 0 saturated heterocycles. The first-order chi connectivity index (χ1) is 32.7. The molecule has 1 aromatic heterocycles. The highest BCUT2D eigenvalue weighted by Crippen LogP contribution is 2.50. The largest absolute Gasteiger partial charge is 0.208 e. The smallest absolute Gasteiger partial charge is 0.164 e. The zero-order valence-electron chi connectivity index (χ0n) is 36.2. The van der Waals surface area contributed by atoms with E-state index in [4.69, 9.17) is 15.0 Å². The summed E-state index contributed by atoms with van der Waals surface area (Å²) in [7, 11) is 0. The van der Waals surface area contributed by atoms with Crippen LogP contribution in [-0.4, -0.2) is 15.0 Å². The highest BCUT2D eigenvalue weighted by atomic mass is 15.0. The van der Waals surface area contributed by atoms with Gasteiger partial charge < -0.3 is 0 Å². The van der Waals surface area contributed by atoms with Crippen molar-refractivity contribution in [1.29, 1.82) is 0 Å². The number of aromatic nitrogens is 3. The number of benzene rings is 10. The van der Waals surface area contributed by atoms with Crippen molar-refractivity contribution >= 4 is 0 Å². The molecule has 0 radical (unpaired) electrons. The molecule has 0 atom stereocenters. The molecule has 0 saturated carbocycles. The van der Waals surface area contributed by atoms with Crippen molar-refractivity contribution in [3.8, 4) is 112 Å². The SMILES string of the molecule is c1ccc(-c2ccc(-c3nc(-c4ccc(-c5ccccc5)cc4)nc(-c4ccc(-c5cc(-c6ccccc6)c(-c6ccccc6)c(-c6ccccc6)c5-c5ccccc5)cc4)n3)cc2)cc1. The lowest BCUT2D eigenvalue weighted by molar-refractivity contribution is 1.07. The third-order valence-corrected chi connectivity index (χ3v) is 12.2. The van der Waals surface area contributed by atoms with Crippen molar-refractivity contribution in [3.05, 3.63) is 261 Å². The van der Waals surface area contributed by atoms with Gasteiger partial charge in [-0.05, 0) is 84.0 Å². The Morgan fingerprint density at radius 2 is 0.379 bits per heavy atom. The lowest BCUT2D eigenvalue weighted by Crippen LogP contribution is -2.00. The van der Waals surface area contributed by atoms with Gasteiger partial charge in [-0.25, -0.2) is 15.0 Å². The van der Waals surface area contributed by atoms with E-state index in [1.165, 1.54) is 27.8 Å². The molecule has 10 aromatic carbocycles. The van der Waals surface area contributed by atoms with Gasteiger partial charge in [0.05, 0.1) is 0 Å². The van der Waals surface area contributed by atoms with E-state index in [0.717, 1.165) is 66.8 Å². The van der Waals surface area contributed by atoms with Gasteiger partial charge in [0.15, 0.2) is 17.5 Å². The normalized spacial score (nSPS) is 11.0. The minimum atomic E-state index is 0.610. The van der Waals surface area contributed by atoms with Crippen molar-refractivity contribution in [3.63, 3.8) is 0 Å². The van der Waals surface area contributed by atoms with Gasteiger partial charge in [0.25, 0.3) is 0 Å². The maximum Gasteiger partial charge on any atom is 0.164 e. The van der Waals surface area contributed by atoms with Crippen LogP contribution in [0.3, 0.4) is 0 Å². The topological polar surface area (TPSA) is 38.7 Å². The van der Waals surface area contributed by atoms with Crippen LogP contribution in [0.25, 0.3) is 112 Å². The number of nitrogens with zero attached hydrogens (tertiary/aromatic N) is 3. The summed E-state index contributed by atoms with van der Waals surface area (Å²) in [6.07, 6.45) is 0. The molecule has 0 aliphatic heterocycles. The number of hydrogen-bond acceptors (Lipinski definition) is 3. The summed E-state index contributed by atoms with van der Waals surface area (Å²) in [4.78, 5) is 15.4. The van der Waals surface area contributed by atoms with Crippen LogP contribution >= 0.6 is 0 Å². The van der Waals surface area contributed by atoms with Crippen molar-refractivity contribution in [2.75, 3.05) is 0 Å². The Hall–Kier alpha value is -8.79. The molecule has 3 heteroatoms. The van der Waals surface area contributed by atoms with Crippen LogP contribution in [0.15, 0.2) is 261 Å². The predicted molar refractivity (Wildman–Crippen MR) is 274 cm³/mol. The van der Waals surface area contributed by atoms with E-state index in [9.17, 15) is 0 Å². The van der Waals surface area contributed by atoms with E-state index in [0.29, 0.717) is 17.5 Å². The molecule has 11 aromatic rings. The van der Waals surface area contributed by atoms with Gasteiger partial charge in [0, 0.05) is 16.7 Å². The second-order valence-corrected chi connectivity index (χ2v) is 16.3. The zero-order chi connectivity index (χ0) is 44.1. The molecular formula is C63H43N3. The summed E-state index contributed by atoms with van der Waals surface area (Å²) < 4.78 is 0. The van der Waals surface area contributed by atoms with Crippen molar-refractivity contribution in [2.45, 2.75) is 0 Å². The van der Waals surface area contributed by atoms with E-state index >= 15 is 0 Å². The van der Waals surface area contributed by atoms with E-state index < -0.39 is 0 Å². The van der Waals surface area contributed by atoms with Gasteiger partial charge in [0.1, 0.15) is 0 Å². The van der Waals surface area contributed by atoms with Crippen molar-refractivity contribution < 1.29 is 0 Å². The van der Waals surface area contributed by atoms with Crippen LogP contribution in [0.2, 0.25) is 0 Å². The number of hydrogen-bond donors (Lipinski definition) is 0. The standard InChI is InChI=1S/C63H43N3/c1-7-19-44(20-8-1)46-31-37-53(38-32-46)61-64-62(54-39-33-47(34-40-54)45-21-9-2-10-22-45)66-63(65-61)55-41-35-49(36-42-55)57-43-56(48-23-11-3-12-24-48)58(50-25-13-4-14-26-50)60(52-29-17-6-18-30-52)59(57)51-27-15-5-16-28-51/h1-43H. The van der Waals surface area contributed by atoms with Crippen molar-refractivity contribution in [2.24, 2.45) is 0 Å². The zero-order valence-corrected chi connectivity index (χ0v) is 36.2. The molecule has 1 heterocycles. The average Bonchev–Trinajstić information content (AvgIpc) is 3.42. The van der Waals surface area contributed by atoms with Crippen LogP contribution in [0.1, 0.15) is 0 Å². The summed E-state index contributed by atoms with van der Waals surface area (Å²) in [5, 5.41) is 0. The minimum Gasteiger partial charge on any atom is -0.208 e. The molecular weight excluding hydrogens is 799 g/mol. The second kappa shape index (κ2) is 18.1. The Labute approximate surface area is 386 Å². The Balaban J connectivity index is 1.08. The highest BCUT2D eigenvalue weighted by Gasteiger charge is 2.24. The molecule has 0 aliphatic rings. The van der Waals surface area contributed by atoms with Gasteiger partial charge in [0.2, 0.25) is 0 Å². The highest BCUT2D eigenvalue weighted by molar-refractivity contribution is 6.07. The van der Waals surface area contributed by atoms with E-state index in [1.807, 2.05) is 12.1 Å². The summed E-state index contributed by atoms with van der Waals surface area (Å²) in [6, 6.07) is 92.1. The van der Waals surface area contributed by atoms with Crippen molar-refractivity contribution in [1.82, 2.24) is 15.0 Å². The summed E-state index contributed by atoms with van der Waals surface area (Å²) in [5.74, 6) is 1.85. The lowest BCUT2D eigenvalue weighted by atomic mass is 9.79. The third-order valence-electron chi connectivity index (χ3n) is 12.2. The van der Waals surface area contributed by atoms with Crippen LogP contribution in [0.4, 0.5) is 0 Å². The fourth-order valence-corrected chi connectivity index (χ4v) is 8.91. The summed E-state index contributed by atoms with van der Waals surface area (Å²) >= 11 is 0. The fraction of sp³-hybridized carbons (Fsp3) is 0. The van der Waals surface area contributed by atoms with E-state index in [-0.39, 0.29) is 0 Å². The number of rotatable bonds is 10. The molecule has 0 N–H and O–H groups in total. The molecule has 0 amide bonds. The predicted octanol–water partition coefficient (Wildman–Crippen LogP) is 16.5. The van der Waals surface area contributed by atoms with E-state index in [1.54, 1.807) is 0 Å². The van der Waals surface area contributed by atoms with Crippen LogP contribution in [0, 0.1) is 0 Å². The van der Waals surface area contributed by atoms with Crippen LogP contribution < -0.4 is 0 Å². The van der Waals surface area contributed by atoms with Crippen LogP contribution in [0.5, 0.6) is 0 Å². The monoisotopic (exact) mass is 841 g/mol. The minimum absolute atomic E-state index is 0.610. The Morgan fingerprint density at radius 3 is 0.697 bits per heavy atom. The Kier molecular flexibility index (Phi) is 11.0. The molecule has 3 nitrogen and oxygen atoms in total. The van der Waals surface area contributed by atoms with Gasteiger partial charge >= 0.3 is 0 Å². The van der Waals surface area contributed by atoms with E-state index in [2.05, 4.69) is 249 Å². The molecule has 66 heavy (non-hydrogen) atoms. The fourth-order valence-electron chi connectivity index (χ4n) is 8.91. The first-order valence-electron chi connectivity index (χ1n) is 22.3. The van der Waals surface area contributed by atoms with Gasteiger partial charge in [-0.3, -0.25) is 0 Å². The molecule has 0 fully saturated rings. The van der Waals surface area contributed by atoms with Gasteiger partial charge in [-0.15, -0.1) is 0 Å². The van der Waals surface area contributed by atoms with Crippen LogP contribution in [-0.2, 0) is 0 Å². The average molecular weight is 842 g/mol. The molecule has 310 valence electrons. The van der Waals surface area contributed by atoms with Gasteiger partial charge in [-0.1, -0.05) is 255 Å². The van der Waals surface area contributed by atoms with Gasteiger partial charge in [-0.2, -0.15) is 0 Å². The summed E-state index contributed by atoms with van der Waals surface area (Å²) in [6.45, 7) is 0. The maximum atomic E-state index is 5.17. The Bertz CT molecular complexity index is 3270. The first-order valence-corrected chi connectivity index (χ1v) is 22.3. The summed E-state index contributed by atoms with van der Waals surface area (Å²) in [5.41, 5.74) is 18.9. The maximum absolute atomic E-state index is 5.17. The molecule has 11 rings (SSSR count). The molecule has 0 unspecified atom stereocenters. The molecule has 0 bridgehead atoms. The quantitative estimate of drug-likeness (QED) is 0.138. The molecule has 0 aliphatic carbocycles. The second-order valence-electron chi connectivity index (χ2n) is 16.3. The lowest BCUT2D eigenvalue weighted by Gasteiger charge is -2.24. The first kappa shape index (κ1) is 40.0.